The van der Waals surface area contributed by atoms with E-state index in [1.807, 2.05) is 6.92 Å². The van der Waals surface area contributed by atoms with Gasteiger partial charge in [-0.25, -0.2) is 0 Å². The van der Waals surface area contributed by atoms with Crippen LogP contribution in [0.25, 0.3) is 0 Å². The molecule has 1 aromatic heterocycles. The van der Waals surface area contributed by atoms with Crippen molar-refractivity contribution in [3.05, 3.63) is 11.9 Å². The van der Waals surface area contributed by atoms with Crippen LogP contribution in [-0.4, -0.2) is 34.0 Å². The number of ether oxygens (including phenoxy) is 1. The number of Topliss-reactive ketones (excluding diaryl/α,β-unsaturated/α-hetero) is 1. The van der Waals surface area contributed by atoms with Crippen molar-refractivity contribution in [3.8, 4) is 0 Å². The molecule has 0 aliphatic heterocycles. The molecule has 0 saturated carbocycles. The molecule has 0 bridgehead atoms. The van der Waals surface area contributed by atoms with Crippen LogP contribution in [0, 0.1) is 0 Å². The molecule has 0 aliphatic rings. The van der Waals surface area contributed by atoms with E-state index < -0.39 is 0 Å². The Morgan fingerprint density at radius 1 is 1.64 bits per heavy atom. The summed E-state index contributed by atoms with van der Waals surface area (Å²) in [7, 11) is 1.78. The summed E-state index contributed by atoms with van der Waals surface area (Å²) in [4.78, 5) is 11.3. The fourth-order valence-corrected chi connectivity index (χ4v) is 1.10. The summed E-state index contributed by atoms with van der Waals surface area (Å²) in [6.45, 7) is 3.06. The zero-order valence-corrected chi connectivity index (χ0v) is 8.56. The Morgan fingerprint density at radius 2 is 2.43 bits per heavy atom. The third-order valence-corrected chi connectivity index (χ3v) is 1.76. The Bertz CT molecular complexity index is 296. The van der Waals surface area contributed by atoms with E-state index in [-0.39, 0.29) is 5.78 Å². The molecule has 1 aromatic rings. The smallest absolute Gasteiger partial charge is 0.141 e. The summed E-state index contributed by atoms with van der Waals surface area (Å²) in [5.74, 6) is 0.138. The highest BCUT2D eigenvalue weighted by Gasteiger charge is 2.06. The van der Waals surface area contributed by atoms with Crippen LogP contribution in [0.15, 0.2) is 6.20 Å². The van der Waals surface area contributed by atoms with Gasteiger partial charge in [-0.2, -0.15) is 0 Å². The minimum Gasteiger partial charge on any atom is -0.381 e. The number of hydrogen-bond acceptors (Lipinski definition) is 4. The van der Waals surface area contributed by atoms with E-state index in [4.69, 9.17) is 4.74 Å². The van der Waals surface area contributed by atoms with Crippen LogP contribution < -0.4 is 0 Å². The number of nitrogens with zero attached hydrogens (tertiary/aromatic N) is 3. The van der Waals surface area contributed by atoms with Crippen molar-refractivity contribution in [2.75, 3.05) is 13.2 Å². The average molecular weight is 197 g/mol. The van der Waals surface area contributed by atoms with E-state index >= 15 is 0 Å². The van der Waals surface area contributed by atoms with Crippen molar-refractivity contribution >= 4 is 5.78 Å². The molecule has 0 spiro atoms. The van der Waals surface area contributed by atoms with E-state index in [1.54, 1.807) is 17.9 Å². The fraction of sp³-hybridized carbons (Fsp3) is 0.667. The molecule has 5 nitrogen and oxygen atoms in total. The molecule has 0 aromatic carbocycles. The predicted molar refractivity (Wildman–Crippen MR) is 50.8 cm³/mol. The summed E-state index contributed by atoms with van der Waals surface area (Å²) in [6.07, 6.45) is 2.55. The molecule has 0 N–H and O–H groups in total. The van der Waals surface area contributed by atoms with Crippen molar-refractivity contribution in [1.82, 2.24) is 15.0 Å². The Labute approximate surface area is 83.1 Å². The number of carbonyl (C=O) groups is 1. The largest absolute Gasteiger partial charge is 0.381 e. The summed E-state index contributed by atoms with van der Waals surface area (Å²) in [5.41, 5.74) is 0.717. The standard InChI is InChI=1S/C9H15N3O2/c1-3-14-5-4-9(13)6-8-7-12(2)11-10-8/h7H,3-6H2,1-2H3. The maximum atomic E-state index is 11.3. The van der Waals surface area contributed by atoms with Crippen LogP contribution in [0.3, 0.4) is 0 Å². The van der Waals surface area contributed by atoms with Crippen LogP contribution in [0.1, 0.15) is 19.0 Å². The molecule has 78 valence electrons. The number of ketones is 1. The zero-order valence-electron chi connectivity index (χ0n) is 8.56. The first kappa shape index (κ1) is 10.8. The third kappa shape index (κ3) is 3.66. The van der Waals surface area contributed by atoms with Gasteiger partial charge in [0, 0.05) is 26.3 Å². The average Bonchev–Trinajstić information content (AvgIpc) is 2.52. The fourth-order valence-electron chi connectivity index (χ4n) is 1.10. The lowest BCUT2D eigenvalue weighted by atomic mass is 10.2. The molecule has 0 amide bonds. The second-order valence-corrected chi connectivity index (χ2v) is 3.05. The Morgan fingerprint density at radius 3 is 3.00 bits per heavy atom. The first-order valence-corrected chi connectivity index (χ1v) is 4.67. The van der Waals surface area contributed by atoms with Gasteiger partial charge in [0.2, 0.25) is 0 Å². The van der Waals surface area contributed by atoms with E-state index in [0.29, 0.717) is 31.7 Å². The van der Waals surface area contributed by atoms with Crippen molar-refractivity contribution in [2.45, 2.75) is 19.8 Å². The van der Waals surface area contributed by atoms with Crippen molar-refractivity contribution in [2.24, 2.45) is 7.05 Å². The van der Waals surface area contributed by atoms with E-state index in [1.165, 1.54) is 0 Å². The molecule has 0 atom stereocenters. The van der Waals surface area contributed by atoms with Gasteiger partial charge in [-0.05, 0) is 6.92 Å². The quantitative estimate of drug-likeness (QED) is 0.617. The number of aryl methyl sites for hydroxylation is 1. The molecule has 0 saturated heterocycles. The molecule has 14 heavy (non-hydrogen) atoms. The molecule has 0 unspecified atom stereocenters. The first-order valence-electron chi connectivity index (χ1n) is 4.67. The van der Waals surface area contributed by atoms with Gasteiger partial charge in [-0.3, -0.25) is 9.48 Å². The molecular formula is C9H15N3O2. The second kappa shape index (κ2) is 5.49. The van der Waals surface area contributed by atoms with Gasteiger partial charge in [-0.15, -0.1) is 5.10 Å². The number of rotatable bonds is 6. The maximum absolute atomic E-state index is 11.3. The third-order valence-electron chi connectivity index (χ3n) is 1.76. The molecular weight excluding hydrogens is 182 g/mol. The minimum atomic E-state index is 0.138. The lowest BCUT2D eigenvalue weighted by Gasteiger charge is -1.98. The highest BCUT2D eigenvalue weighted by atomic mass is 16.5. The Hall–Kier alpha value is -1.23. The van der Waals surface area contributed by atoms with Gasteiger partial charge < -0.3 is 4.74 Å². The predicted octanol–water partition coefficient (Wildman–Crippen LogP) is 0.353. The maximum Gasteiger partial charge on any atom is 0.141 e. The van der Waals surface area contributed by atoms with Crippen LogP contribution in [0.5, 0.6) is 0 Å². The van der Waals surface area contributed by atoms with Gasteiger partial charge in [-0.1, -0.05) is 5.21 Å². The van der Waals surface area contributed by atoms with Gasteiger partial charge in [0.1, 0.15) is 5.78 Å². The molecule has 1 heterocycles. The molecule has 0 aliphatic carbocycles. The monoisotopic (exact) mass is 197 g/mol. The van der Waals surface area contributed by atoms with Crippen LogP contribution >= 0.6 is 0 Å². The van der Waals surface area contributed by atoms with Gasteiger partial charge in [0.05, 0.1) is 18.7 Å². The zero-order chi connectivity index (χ0) is 10.4. The van der Waals surface area contributed by atoms with E-state index in [9.17, 15) is 4.79 Å². The normalized spacial score (nSPS) is 10.4. The minimum absolute atomic E-state index is 0.138. The number of hydrogen-bond donors (Lipinski definition) is 0. The summed E-state index contributed by atoms with van der Waals surface area (Å²) in [6, 6.07) is 0. The molecule has 0 radical (unpaired) electrons. The van der Waals surface area contributed by atoms with Crippen molar-refractivity contribution in [1.29, 1.82) is 0 Å². The SMILES string of the molecule is CCOCCC(=O)Cc1cn(C)nn1. The highest BCUT2D eigenvalue weighted by molar-refractivity contribution is 5.80. The molecule has 0 fully saturated rings. The van der Waals surface area contributed by atoms with Gasteiger partial charge in [0.25, 0.3) is 0 Å². The van der Waals surface area contributed by atoms with Gasteiger partial charge in [0.15, 0.2) is 0 Å². The second-order valence-electron chi connectivity index (χ2n) is 3.05. The Balaban J connectivity index is 2.27. The van der Waals surface area contributed by atoms with E-state index in [2.05, 4.69) is 10.3 Å². The van der Waals surface area contributed by atoms with E-state index in [0.717, 1.165) is 0 Å². The summed E-state index contributed by atoms with van der Waals surface area (Å²) in [5, 5.41) is 7.58. The lowest BCUT2D eigenvalue weighted by Crippen LogP contribution is -2.07. The number of aromatic nitrogens is 3. The summed E-state index contributed by atoms with van der Waals surface area (Å²) < 4.78 is 6.67. The van der Waals surface area contributed by atoms with Crippen LogP contribution in [-0.2, 0) is 23.0 Å². The lowest BCUT2D eigenvalue weighted by molar-refractivity contribution is -0.119. The first-order chi connectivity index (χ1) is 6.72. The summed E-state index contributed by atoms with van der Waals surface area (Å²) >= 11 is 0. The molecule has 5 heteroatoms. The van der Waals surface area contributed by atoms with Crippen molar-refractivity contribution < 1.29 is 9.53 Å². The molecule has 1 rings (SSSR count). The van der Waals surface area contributed by atoms with Crippen molar-refractivity contribution in [3.63, 3.8) is 0 Å². The number of carbonyl (C=O) groups excluding carboxylic acids is 1. The Kier molecular flexibility index (Phi) is 4.25. The van der Waals surface area contributed by atoms with Crippen LogP contribution in [0.2, 0.25) is 0 Å². The topological polar surface area (TPSA) is 57.0 Å². The van der Waals surface area contributed by atoms with Crippen LogP contribution in [0.4, 0.5) is 0 Å². The van der Waals surface area contributed by atoms with Gasteiger partial charge >= 0.3 is 0 Å². The highest BCUT2D eigenvalue weighted by Crippen LogP contribution is 1.97.